The molecule has 0 aliphatic heterocycles. The number of likely N-dealkylation sites (N-methyl/N-ethyl adjacent to an activating group) is 1. The molecular weight excluding hydrogens is 595 g/mol. The monoisotopic (exact) mass is 635 g/mol. The van der Waals surface area contributed by atoms with Gasteiger partial charge in [-0.05, 0) is 66.2 Å². The molecule has 1 amide bonds. The third kappa shape index (κ3) is 9.68. The summed E-state index contributed by atoms with van der Waals surface area (Å²) in [6, 6.07) is 22.5. The minimum absolute atomic E-state index is 0.109. The van der Waals surface area contributed by atoms with Gasteiger partial charge in [0.1, 0.15) is 0 Å². The molecule has 44 heavy (non-hydrogen) atoms. The summed E-state index contributed by atoms with van der Waals surface area (Å²) < 4.78 is 8.52. The summed E-state index contributed by atoms with van der Waals surface area (Å²) in [5.74, 6) is -0.0819. The van der Waals surface area contributed by atoms with Crippen LogP contribution in [-0.2, 0) is 20.7 Å². The smallest absolute Gasteiger partial charge is 0.293 e. The number of hydrogen-bond donors (Lipinski definition) is 3. The van der Waals surface area contributed by atoms with Crippen LogP contribution >= 0.6 is 23.3 Å². The Morgan fingerprint density at radius 1 is 1.11 bits per heavy atom. The van der Waals surface area contributed by atoms with Crippen LogP contribution in [0.5, 0.6) is 0 Å². The van der Waals surface area contributed by atoms with Crippen molar-refractivity contribution in [3.05, 3.63) is 83.9 Å². The minimum Gasteiger partial charge on any atom is -0.453 e. The zero-order valence-electron chi connectivity index (χ0n) is 25.3. The van der Waals surface area contributed by atoms with Crippen molar-refractivity contribution in [2.75, 3.05) is 37.3 Å². The number of benzene rings is 3. The Kier molecular flexibility index (Phi) is 12.4. The Bertz CT molecular complexity index is 1490. The minimum atomic E-state index is -1.10. The van der Waals surface area contributed by atoms with Gasteiger partial charge in [-0.2, -0.15) is 0 Å². The molecule has 4 N–H and O–H groups in total. The average molecular weight is 636 g/mol. The van der Waals surface area contributed by atoms with Crippen molar-refractivity contribution in [2.24, 2.45) is 5.92 Å². The number of fused-ring (bicyclic) bond motifs is 1. The largest absolute Gasteiger partial charge is 0.453 e. The highest BCUT2D eigenvalue weighted by molar-refractivity contribution is 7.97. The first-order valence-electron chi connectivity index (χ1n) is 14.7. The highest BCUT2D eigenvalue weighted by Gasteiger charge is 2.30. The van der Waals surface area contributed by atoms with Crippen LogP contribution in [-0.4, -0.2) is 71.7 Å². The summed E-state index contributed by atoms with van der Waals surface area (Å²) in [6.07, 6.45) is -0.606. The van der Waals surface area contributed by atoms with E-state index in [4.69, 9.17) is 10.5 Å². The second-order valence-electron chi connectivity index (χ2n) is 11.0. The quantitative estimate of drug-likeness (QED) is 0.0836. The van der Waals surface area contributed by atoms with Crippen LogP contribution in [0.4, 0.5) is 11.4 Å². The Hall–Kier alpha value is -3.64. The van der Waals surface area contributed by atoms with Crippen molar-refractivity contribution in [1.82, 2.24) is 14.6 Å². The van der Waals surface area contributed by atoms with Crippen molar-refractivity contribution < 1.29 is 19.4 Å². The summed E-state index contributed by atoms with van der Waals surface area (Å²) in [5, 5.41) is 14.7. The molecule has 0 spiro atoms. The number of carbonyl (C=O) groups is 2. The molecule has 0 fully saturated rings. The SMILES string of the molecule is CCC(C)CN(CC(O)C(Cc1ccccc1)NC(=O)C(CN(C)c1cccc(N)c1)OC=O)Sc1ccc2ncsc2c1. The predicted molar refractivity (Wildman–Crippen MR) is 180 cm³/mol. The van der Waals surface area contributed by atoms with Gasteiger partial charge in [0.15, 0.2) is 6.10 Å². The van der Waals surface area contributed by atoms with Gasteiger partial charge in [0.25, 0.3) is 12.4 Å². The predicted octanol–water partition coefficient (Wildman–Crippen LogP) is 5.00. The summed E-state index contributed by atoms with van der Waals surface area (Å²) in [7, 11) is 1.80. The van der Waals surface area contributed by atoms with Gasteiger partial charge in [-0.1, -0.05) is 56.7 Å². The summed E-state index contributed by atoms with van der Waals surface area (Å²) in [5.41, 5.74) is 11.1. The number of anilines is 2. The number of rotatable bonds is 17. The maximum Gasteiger partial charge on any atom is 0.293 e. The van der Waals surface area contributed by atoms with E-state index in [1.807, 2.05) is 60.1 Å². The first-order chi connectivity index (χ1) is 21.2. The molecule has 1 heterocycles. The third-order valence-corrected chi connectivity index (χ3v) is 9.31. The van der Waals surface area contributed by atoms with Crippen molar-refractivity contribution in [3.8, 4) is 0 Å². The number of nitrogens with two attached hydrogens (primary N) is 1. The van der Waals surface area contributed by atoms with E-state index in [1.54, 1.807) is 47.4 Å². The number of amides is 1. The van der Waals surface area contributed by atoms with Gasteiger partial charge in [0.05, 0.1) is 34.4 Å². The molecule has 0 aliphatic rings. The van der Waals surface area contributed by atoms with Crippen LogP contribution in [0, 0.1) is 5.92 Å². The Morgan fingerprint density at radius 3 is 2.64 bits per heavy atom. The van der Waals surface area contributed by atoms with Crippen molar-refractivity contribution >= 4 is 57.3 Å². The van der Waals surface area contributed by atoms with Gasteiger partial charge in [0, 0.05) is 36.4 Å². The molecule has 4 rings (SSSR count). The van der Waals surface area contributed by atoms with E-state index in [9.17, 15) is 14.7 Å². The van der Waals surface area contributed by atoms with E-state index < -0.39 is 24.2 Å². The number of ether oxygens (including phenoxy) is 1. The molecular formula is C33H41N5O4S2. The standard InChI is InChI=1S/C33H41N5O4S2/c1-4-23(2)18-38(44-27-13-14-28-32(17-27)43-21-35-28)19-30(40)29(15-24-9-6-5-7-10-24)36-33(41)31(42-22-39)20-37(3)26-12-8-11-25(34)16-26/h5-14,16-17,21-23,29-31,40H,4,15,18-20,34H2,1-3H3,(H,36,41). The first kappa shape index (κ1) is 33.3. The van der Waals surface area contributed by atoms with Crippen molar-refractivity contribution in [1.29, 1.82) is 0 Å². The lowest BCUT2D eigenvalue weighted by Gasteiger charge is -2.32. The Balaban J connectivity index is 1.52. The number of nitrogens with one attached hydrogen (secondary N) is 1. The maximum absolute atomic E-state index is 13.6. The molecule has 0 aliphatic carbocycles. The molecule has 1 aromatic heterocycles. The number of aliphatic hydroxyl groups excluding tert-OH is 1. The van der Waals surface area contributed by atoms with E-state index in [-0.39, 0.29) is 13.0 Å². The van der Waals surface area contributed by atoms with Crippen LogP contribution in [0.15, 0.2) is 83.2 Å². The molecule has 4 unspecified atom stereocenters. The summed E-state index contributed by atoms with van der Waals surface area (Å²) in [6.45, 7) is 5.80. The zero-order valence-corrected chi connectivity index (χ0v) is 27.0. The molecule has 0 saturated carbocycles. The number of nitrogens with zero attached hydrogens (tertiary/aromatic N) is 3. The molecule has 234 valence electrons. The second-order valence-corrected chi connectivity index (χ2v) is 13.1. The third-order valence-electron chi connectivity index (χ3n) is 7.49. The van der Waals surface area contributed by atoms with Crippen molar-refractivity contribution in [3.63, 3.8) is 0 Å². The normalized spacial score (nSPS) is 14.1. The zero-order chi connectivity index (χ0) is 31.5. The van der Waals surface area contributed by atoms with E-state index in [0.717, 1.165) is 39.3 Å². The number of hydrogen-bond acceptors (Lipinski definition) is 10. The van der Waals surface area contributed by atoms with Gasteiger partial charge < -0.3 is 25.8 Å². The van der Waals surface area contributed by atoms with Crippen LogP contribution < -0.4 is 16.0 Å². The number of carbonyl (C=O) groups excluding carboxylic acids is 2. The van der Waals surface area contributed by atoms with Gasteiger partial charge >= 0.3 is 0 Å². The maximum atomic E-state index is 13.6. The highest BCUT2D eigenvalue weighted by Crippen LogP contribution is 2.29. The highest BCUT2D eigenvalue weighted by atomic mass is 32.2. The van der Waals surface area contributed by atoms with Gasteiger partial charge in [0.2, 0.25) is 0 Å². The molecule has 4 aromatic rings. The van der Waals surface area contributed by atoms with Crippen molar-refractivity contribution in [2.45, 2.75) is 49.8 Å². The van der Waals surface area contributed by atoms with Crippen LogP contribution in [0.1, 0.15) is 25.8 Å². The number of thiazole rings is 1. The lowest BCUT2D eigenvalue weighted by Crippen LogP contribution is -2.53. The Morgan fingerprint density at radius 2 is 1.91 bits per heavy atom. The van der Waals surface area contributed by atoms with Crippen LogP contribution in [0.3, 0.4) is 0 Å². The van der Waals surface area contributed by atoms with Gasteiger partial charge in [-0.25, -0.2) is 9.29 Å². The molecule has 11 heteroatoms. The number of aliphatic hydroxyl groups is 1. The molecule has 0 bridgehead atoms. The van der Waals surface area contributed by atoms with Gasteiger partial charge in [-0.15, -0.1) is 11.3 Å². The lowest BCUT2D eigenvalue weighted by atomic mass is 10.00. The molecule has 0 radical (unpaired) electrons. The van der Waals surface area contributed by atoms with E-state index in [1.165, 1.54) is 0 Å². The second kappa shape index (κ2) is 16.4. The molecule has 9 nitrogen and oxygen atoms in total. The number of aromatic nitrogens is 1. The lowest BCUT2D eigenvalue weighted by molar-refractivity contribution is -0.145. The topological polar surface area (TPSA) is 121 Å². The van der Waals surface area contributed by atoms with E-state index >= 15 is 0 Å². The fourth-order valence-electron chi connectivity index (χ4n) is 4.80. The van der Waals surface area contributed by atoms with E-state index in [2.05, 4.69) is 34.5 Å². The summed E-state index contributed by atoms with van der Waals surface area (Å²) >= 11 is 3.19. The number of nitrogen functional groups attached to an aromatic ring is 1. The fraction of sp³-hybridized carbons (Fsp3) is 0.364. The summed E-state index contributed by atoms with van der Waals surface area (Å²) in [4.78, 5) is 32.2. The fourth-order valence-corrected chi connectivity index (χ4v) is 6.75. The Labute approximate surface area is 267 Å². The van der Waals surface area contributed by atoms with Crippen LogP contribution in [0.25, 0.3) is 10.2 Å². The van der Waals surface area contributed by atoms with E-state index in [0.29, 0.717) is 24.6 Å². The molecule has 3 aromatic carbocycles. The van der Waals surface area contributed by atoms with Gasteiger partial charge in [-0.3, -0.25) is 9.59 Å². The van der Waals surface area contributed by atoms with Crippen LogP contribution in [0.2, 0.25) is 0 Å². The average Bonchev–Trinajstić information content (AvgIpc) is 3.49. The molecule has 4 atom stereocenters. The first-order valence-corrected chi connectivity index (χ1v) is 16.3. The molecule has 0 saturated heterocycles.